The maximum atomic E-state index is 11.2. The van der Waals surface area contributed by atoms with Crippen LogP contribution >= 0.6 is 0 Å². The summed E-state index contributed by atoms with van der Waals surface area (Å²) in [5.41, 5.74) is 9.43. The van der Waals surface area contributed by atoms with Crippen LogP contribution in [-0.4, -0.2) is 11.4 Å². The monoisotopic (exact) mass is 935 g/mol. The Morgan fingerprint density at radius 1 is 0.385 bits per heavy atom. The minimum atomic E-state index is -0.373. The van der Waals surface area contributed by atoms with Gasteiger partial charge in [0, 0.05) is 0 Å². The summed E-state index contributed by atoms with van der Waals surface area (Å²) in [5.74, 6) is -0.740. The van der Waals surface area contributed by atoms with Gasteiger partial charge in [-0.2, -0.15) is 0 Å². The number of benzene rings is 3. The normalized spacial score (nSPS) is 11.7. The molecule has 4 nitrogen and oxygen atoms in total. The average molecular weight is 936 g/mol. The second-order valence-corrected chi connectivity index (χ2v) is 18.7. The quantitative estimate of drug-likeness (QED) is 0.0328. The SMILES string of the molecule is CCCCCCCCCCCCCCc1cccc(N=C(CC)C(CCCC)=Nc2cccc(CCCCCCCCCCCCCC)c2)c1.CCCCc1cc([O-])c([O-])cc1CC.[Ni+2]. The molecule has 0 heterocycles. The van der Waals surface area contributed by atoms with E-state index in [0.717, 1.165) is 86.0 Å². The number of hydrogen-bond donors (Lipinski definition) is 0. The first-order chi connectivity index (χ1) is 31.4. The van der Waals surface area contributed by atoms with E-state index in [2.05, 4.69) is 83.1 Å². The van der Waals surface area contributed by atoms with Gasteiger partial charge in [-0.3, -0.25) is 9.98 Å². The summed E-state index contributed by atoms with van der Waals surface area (Å²) >= 11 is 0. The molecule has 0 saturated carbocycles. The van der Waals surface area contributed by atoms with Crippen molar-refractivity contribution in [2.75, 3.05) is 0 Å². The summed E-state index contributed by atoms with van der Waals surface area (Å²) in [4.78, 5) is 10.5. The molecule has 0 atom stereocenters. The smallest absolute Gasteiger partial charge is 0.873 e. The van der Waals surface area contributed by atoms with Crippen LogP contribution in [0.2, 0.25) is 0 Å². The van der Waals surface area contributed by atoms with Crippen LogP contribution in [0, 0.1) is 0 Å². The summed E-state index contributed by atoms with van der Waals surface area (Å²) in [6.07, 6.45) is 44.0. The van der Waals surface area contributed by atoms with Gasteiger partial charge in [0.15, 0.2) is 0 Å². The molecule has 0 aliphatic rings. The third-order valence-electron chi connectivity index (χ3n) is 12.9. The summed E-state index contributed by atoms with van der Waals surface area (Å²) in [6.45, 7) is 13.2. The predicted octanol–water partition coefficient (Wildman–Crippen LogP) is 18.4. The molecule has 0 saturated heterocycles. The Morgan fingerprint density at radius 2 is 0.754 bits per heavy atom. The van der Waals surface area contributed by atoms with E-state index >= 15 is 0 Å². The Labute approximate surface area is 411 Å². The number of aryl methyl sites for hydroxylation is 4. The van der Waals surface area contributed by atoms with Crippen LogP contribution < -0.4 is 10.2 Å². The third-order valence-corrected chi connectivity index (χ3v) is 12.9. The number of hydrogen-bond acceptors (Lipinski definition) is 4. The van der Waals surface area contributed by atoms with E-state index < -0.39 is 0 Å². The van der Waals surface area contributed by atoms with Crippen LogP contribution in [0.5, 0.6) is 11.5 Å². The molecule has 0 radical (unpaired) electrons. The minimum Gasteiger partial charge on any atom is -0.873 e. The number of nitrogens with zero attached hydrogens (tertiary/aromatic N) is 2. The fourth-order valence-corrected chi connectivity index (χ4v) is 8.74. The molecule has 368 valence electrons. The van der Waals surface area contributed by atoms with Crippen molar-refractivity contribution in [3.05, 3.63) is 82.9 Å². The van der Waals surface area contributed by atoms with Gasteiger partial charge in [-0.15, -0.1) is 11.5 Å². The van der Waals surface area contributed by atoms with Crippen molar-refractivity contribution in [3.8, 4) is 11.5 Å². The zero-order chi connectivity index (χ0) is 46.3. The molecule has 0 aliphatic heterocycles. The van der Waals surface area contributed by atoms with E-state index in [1.54, 1.807) is 0 Å². The zero-order valence-electron chi connectivity index (χ0n) is 42.8. The molecule has 0 unspecified atom stereocenters. The first-order valence-corrected chi connectivity index (χ1v) is 27.2. The van der Waals surface area contributed by atoms with Crippen molar-refractivity contribution >= 4 is 22.8 Å². The molecule has 0 bridgehead atoms. The molecule has 0 aromatic heterocycles. The van der Waals surface area contributed by atoms with Gasteiger partial charge in [-0.05, 0) is 111 Å². The average Bonchev–Trinajstić information content (AvgIpc) is 3.31. The first-order valence-electron chi connectivity index (χ1n) is 27.2. The van der Waals surface area contributed by atoms with Crippen LogP contribution in [0.4, 0.5) is 11.4 Å². The maximum Gasteiger partial charge on any atom is 2.00 e. The molecular weight excluding hydrogens is 839 g/mol. The van der Waals surface area contributed by atoms with E-state index in [9.17, 15) is 10.2 Å². The fraction of sp³-hybridized carbons (Fsp3) is 0.667. The predicted molar refractivity (Wildman–Crippen MR) is 280 cm³/mol. The Hall–Kier alpha value is -2.91. The van der Waals surface area contributed by atoms with E-state index in [0.29, 0.717) is 0 Å². The molecule has 3 aromatic carbocycles. The molecule has 65 heavy (non-hydrogen) atoms. The van der Waals surface area contributed by atoms with E-state index in [-0.39, 0.29) is 28.0 Å². The summed E-state index contributed by atoms with van der Waals surface area (Å²) in [5, 5.41) is 22.3. The summed E-state index contributed by atoms with van der Waals surface area (Å²) < 4.78 is 0. The number of unbranched alkanes of at least 4 members (excludes halogenated alkanes) is 24. The second-order valence-electron chi connectivity index (χ2n) is 18.7. The van der Waals surface area contributed by atoms with Crippen LogP contribution in [0.15, 0.2) is 70.6 Å². The number of rotatable bonds is 37. The van der Waals surface area contributed by atoms with Gasteiger partial charge in [0.25, 0.3) is 0 Å². The van der Waals surface area contributed by atoms with E-state index in [1.807, 2.05) is 6.92 Å². The topological polar surface area (TPSA) is 70.8 Å². The standard InChI is InChI=1S/C48H80N2.C12H18O2.Ni/c1-5-9-12-14-16-18-20-22-24-26-28-30-34-43-36-32-38-45(41-43)49-47(8-4)48(40-11-7-3)50-46-39-33-37-44(42-46)35-31-29-27-25-23-21-19-17-15-13-10-6-2;1-3-5-6-10-8-12(14)11(13)7-9(10)4-2;/h32-33,36-39,41-42H,5-31,34-35,40H2,1-4H3;7-8,13-14H,3-6H2,1-2H3;/q;;+2/p-2. The molecule has 0 amide bonds. The minimum absolute atomic E-state index is 0. The van der Waals surface area contributed by atoms with Gasteiger partial charge in [-0.1, -0.05) is 232 Å². The Bertz CT molecular complexity index is 1650. The van der Waals surface area contributed by atoms with Gasteiger partial charge in [0.05, 0.1) is 22.8 Å². The molecule has 3 aromatic rings. The van der Waals surface area contributed by atoms with E-state index in [4.69, 9.17) is 9.98 Å². The van der Waals surface area contributed by atoms with Crippen LogP contribution in [0.1, 0.15) is 256 Å². The van der Waals surface area contributed by atoms with Crippen molar-refractivity contribution in [2.24, 2.45) is 9.98 Å². The molecule has 5 heteroatoms. The second kappa shape index (κ2) is 41.3. The van der Waals surface area contributed by atoms with Crippen LogP contribution in [0.3, 0.4) is 0 Å². The van der Waals surface area contributed by atoms with Gasteiger partial charge in [0.2, 0.25) is 0 Å². The zero-order valence-corrected chi connectivity index (χ0v) is 43.8. The van der Waals surface area contributed by atoms with Gasteiger partial charge < -0.3 is 10.2 Å². The third kappa shape index (κ3) is 29.5. The Morgan fingerprint density at radius 3 is 1.14 bits per heavy atom. The van der Waals surface area contributed by atoms with Gasteiger partial charge in [0.1, 0.15) is 0 Å². The molecular formula is C60H96N2NiO2. The van der Waals surface area contributed by atoms with Crippen molar-refractivity contribution in [2.45, 2.75) is 260 Å². The Kier molecular flexibility index (Phi) is 38.2. The first kappa shape index (κ1) is 60.1. The summed E-state index contributed by atoms with van der Waals surface area (Å²) in [6, 6.07) is 21.0. The molecule has 0 spiro atoms. The number of aliphatic imine (C=N–C) groups is 2. The van der Waals surface area contributed by atoms with Crippen molar-refractivity contribution in [3.63, 3.8) is 0 Å². The van der Waals surface area contributed by atoms with Crippen molar-refractivity contribution in [1.82, 2.24) is 0 Å². The molecule has 0 aliphatic carbocycles. The van der Waals surface area contributed by atoms with Crippen LogP contribution in [0.25, 0.3) is 0 Å². The maximum absolute atomic E-state index is 11.2. The van der Waals surface area contributed by atoms with E-state index in [1.165, 1.54) is 189 Å². The fourth-order valence-electron chi connectivity index (χ4n) is 8.74. The van der Waals surface area contributed by atoms with Crippen molar-refractivity contribution < 1.29 is 26.7 Å². The van der Waals surface area contributed by atoms with Crippen LogP contribution in [-0.2, 0) is 42.2 Å². The summed E-state index contributed by atoms with van der Waals surface area (Å²) in [7, 11) is 0. The van der Waals surface area contributed by atoms with Gasteiger partial charge >= 0.3 is 16.5 Å². The molecule has 3 rings (SSSR count). The molecule has 0 N–H and O–H groups in total. The molecule has 0 fully saturated rings. The van der Waals surface area contributed by atoms with Gasteiger partial charge in [-0.25, -0.2) is 0 Å². The van der Waals surface area contributed by atoms with Crippen molar-refractivity contribution in [1.29, 1.82) is 0 Å². The Balaban J connectivity index is 0.00000119. The largest absolute Gasteiger partial charge is 2.00 e.